The average molecular weight is 240 g/mol. The number of hydrogen-bond donors (Lipinski definition) is 2. The molecule has 0 saturated carbocycles. The van der Waals surface area contributed by atoms with Crippen LogP contribution in [-0.2, 0) is 11.2 Å². The molecule has 0 aromatic heterocycles. The van der Waals surface area contributed by atoms with Crippen LogP contribution < -0.4 is 5.32 Å². The van der Waals surface area contributed by atoms with Gasteiger partial charge in [-0.2, -0.15) is 0 Å². The fourth-order valence-electron chi connectivity index (χ4n) is 2.14. The van der Waals surface area contributed by atoms with E-state index in [1.54, 1.807) is 0 Å². The Labute approximate surface area is 99.4 Å². The van der Waals surface area contributed by atoms with Crippen LogP contribution in [0.1, 0.15) is 18.9 Å². The van der Waals surface area contributed by atoms with Crippen LogP contribution in [0.5, 0.6) is 0 Å². The van der Waals surface area contributed by atoms with Gasteiger partial charge in [-0.25, -0.2) is 0 Å². The zero-order valence-electron chi connectivity index (χ0n) is 9.03. The number of anilines is 1. The average Bonchev–Trinajstić information content (AvgIpc) is 2.61. The molecule has 1 aliphatic heterocycles. The maximum Gasteiger partial charge on any atom is 0.303 e. The van der Waals surface area contributed by atoms with Gasteiger partial charge in [0.25, 0.3) is 0 Å². The molecule has 1 aromatic carbocycles. The molecule has 2 rings (SSSR count). The first-order valence-corrected chi connectivity index (χ1v) is 5.71. The van der Waals surface area contributed by atoms with E-state index in [2.05, 4.69) is 5.32 Å². The zero-order chi connectivity index (χ0) is 11.7. The Balaban J connectivity index is 2.11. The lowest BCUT2D eigenvalue weighted by Gasteiger charge is -2.18. The molecule has 1 heterocycles. The minimum Gasteiger partial charge on any atom is -0.481 e. The lowest BCUT2D eigenvalue weighted by atomic mass is 9.96. The van der Waals surface area contributed by atoms with Crippen LogP contribution in [0.15, 0.2) is 18.2 Å². The van der Waals surface area contributed by atoms with E-state index in [0.29, 0.717) is 5.02 Å². The third-order valence-electron chi connectivity index (χ3n) is 3.05. The fourth-order valence-corrected chi connectivity index (χ4v) is 2.38. The second-order valence-corrected chi connectivity index (χ2v) is 4.71. The standard InChI is InChI=1S/C12H14ClNO2/c1-7(5-11(15)16)10-6-8-3-2-4-9(13)12(8)14-10/h2-4,7,10,14H,5-6H2,1H3,(H,15,16). The summed E-state index contributed by atoms with van der Waals surface area (Å²) < 4.78 is 0. The third kappa shape index (κ3) is 2.14. The lowest BCUT2D eigenvalue weighted by Crippen LogP contribution is -2.26. The van der Waals surface area contributed by atoms with E-state index in [1.165, 1.54) is 5.56 Å². The number of nitrogens with one attached hydrogen (secondary N) is 1. The Hall–Kier alpha value is -1.22. The quantitative estimate of drug-likeness (QED) is 0.853. The van der Waals surface area contributed by atoms with Crippen LogP contribution in [0.4, 0.5) is 5.69 Å². The van der Waals surface area contributed by atoms with Gasteiger partial charge in [-0.05, 0) is 24.0 Å². The number of carbonyl (C=O) groups is 1. The van der Waals surface area contributed by atoms with Gasteiger partial charge in [0.05, 0.1) is 10.7 Å². The maximum atomic E-state index is 10.7. The molecule has 86 valence electrons. The molecule has 3 nitrogen and oxygen atoms in total. The van der Waals surface area contributed by atoms with Gasteiger partial charge < -0.3 is 10.4 Å². The number of carboxylic acid groups (broad SMARTS) is 1. The van der Waals surface area contributed by atoms with Crippen molar-refractivity contribution in [1.29, 1.82) is 0 Å². The number of rotatable bonds is 3. The van der Waals surface area contributed by atoms with Gasteiger partial charge in [0, 0.05) is 12.5 Å². The normalized spacial score (nSPS) is 20.0. The van der Waals surface area contributed by atoms with Crippen molar-refractivity contribution in [3.8, 4) is 0 Å². The Bertz CT molecular complexity index is 419. The van der Waals surface area contributed by atoms with E-state index in [-0.39, 0.29) is 18.4 Å². The first kappa shape index (κ1) is 11.3. The molecule has 4 heteroatoms. The number of benzene rings is 1. The molecule has 0 bridgehead atoms. The van der Waals surface area contributed by atoms with Crippen LogP contribution in [0.3, 0.4) is 0 Å². The van der Waals surface area contributed by atoms with E-state index in [9.17, 15) is 4.79 Å². The molecule has 1 aromatic rings. The van der Waals surface area contributed by atoms with Crippen LogP contribution >= 0.6 is 11.6 Å². The number of halogens is 1. The third-order valence-corrected chi connectivity index (χ3v) is 3.37. The topological polar surface area (TPSA) is 49.3 Å². The van der Waals surface area contributed by atoms with Crippen molar-refractivity contribution >= 4 is 23.3 Å². The summed E-state index contributed by atoms with van der Waals surface area (Å²) in [6, 6.07) is 5.97. The number of hydrogen-bond acceptors (Lipinski definition) is 2. The van der Waals surface area contributed by atoms with Crippen LogP contribution in [0, 0.1) is 5.92 Å². The summed E-state index contributed by atoms with van der Waals surface area (Å²) in [6.45, 7) is 1.95. The van der Waals surface area contributed by atoms with Crippen LogP contribution in [0.2, 0.25) is 5.02 Å². The summed E-state index contributed by atoms with van der Waals surface area (Å²) in [6.07, 6.45) is 1.04. The number of carboxylic acids is 1. The molecule has 0 fully saturated rings. The summed E-state index contributed by atoms with van der Waals surface area (Å²) in [5.41, 5.74) is 2.14. The van der Waals surface area contributed by atoms with Crippen molar-refractivity contribution in [3.63, 3.8) is 0 Å². The SMILES string of the molecule is CC(CC(=O)O)C1Cc2cccc(Cl)c2N1. The van der Waals surface area contributed by atoms with Gasteiger partial charge in [0.2, 0.25) is 0 Å². The molecule has 0 radical (unpaired) electrons. The maximum absolute atomic E-state index is 10.7. The van der Waals surface area contributed by atoms with Crippen molar-refractivity contribution < 1.29 is 9.90 Å². The van der Waals surface area contributed by atoms with Crippen molar-refractivity contribution in [1.82, 2.24) is 0 Å². The Morgan fingerprint density at radius 2 is 2.44 bits per heavy atom. The van der Waals surface area contributed by atoms with E-state index in [0.717, 1.165) is 12.1 Å². The predicted molar refractivity (Wildman–Crippen MR) is 64.0 cm³/mol. The first-order chi connectivity index (χ1) is 7.58. The van der Waals surface area contributed by atoms with E-state index in [1.807, 2.05) is 25.1 Å². The van der Waals surface area contributed by atoms with E-state index >= 15 is 0 Å². The molecule has 1 aliphatic rings. The molecule has 2 N–H and O–H groups in total. The highest BCUT2D eigenvalue weighted by atomic mass is 35.5. The lowest BCUT2D eigenvalue weighted by molar-refractivity contribution is -0.138. The molecular formula is C12H14ClNO2. The summed E-state index contributed by atoms with van der Waals surface area (Å²) in [7, 11) is 0. The smallest absolute Gasteiger partial charge is 0.303 e. The monoisotopic (exact) mass is 239 g/mol. The highest BCUT2D eigenvalue weighted by molar-refractivity contribution is 6.33. The summed E-state index contributed by atoms with van der Waals surface area (Å²) >= 11 is 6.07. The van der Waals surface area contributed by atoms with E-state index < -0.39 is 5.97 Å². The largest absolute Gasteiger partial charge is 0.481 e. The van der Waals surface area contributed by atoms with Crippen molar-refractivity contribution in [3.05, 3.63) is 28.8 Å². The molecule has 2 atom stereocenters. The summed E-state index contributed by atoms with van der Waals surface area (Å²) in [4.78, 5) is 10.7. The van der Waals surface area contributed by atoms with Crippen molar-refractivity contribution in [2.75, 3.05) is 5.32 Å². The highest BCUT2D eigenvalue weighted by Crippen LogP contribution is 2.35. The van der Waals surface area contributed by atoms with Crippen molar-refractivity contribution in [2.24, 2.45) is 5.92 Å². The minimum absolute atomic E-state index is 0.0981. The van der Waals surface area contributed by atoms with Gasteiger partial charge in [-0.1, -0.05) is 30.7 Å². The molecule has 0 aliphatic carbocycles. The predicted octanol–water partition coefficient (Wildman–Crippen LogP) is 2.79. The second-order valence-electron chi connectivity index (χ2n) is 4.30. The van der Waals surface area contributed by atoms with Crippen molar-refractivity contribution in [2.45, 2.75) is 25.8 Å². The first-order valence-electron chi connectivity index (χ1n) is 5.33. The van der Waals surface area contributed by atoms with Gasteiger partial charge in [-0.3, -0.25) is 4.79 Å². The second kappa shape index (κ2) is 4.34. The number of aliphatic carboxylic acids is 1. The Kier molecular flexibility index (Phi) is 3.06. The molecule has 0 spiro atoms. The molecule has 0 saturated heterocycles. The van der Waals surface area contributed by atoms with Gasteiger partial charge in [0.1, 0.15) is 0 Å². The van der Waals surface area contributed by atoms with E-state index in [4.69, 9.17) is 16.7 Å². The van der Waals surface area contributed by atoms with Gasteiger partial charge in [0.15, 0.2) is 0 Å². The minimum atomic E-state index is -0.753. The molecule has 16 heavy (non-hydrogen) atoms. The van der Waals surface area contributed by atoms with Gasteiger partial charge >= 0.3 is 5.97 Å². The Morgan fingerprint density at radius 3 is 3.06 bits per heavy atom. The zero-order valence-corrected chi connectivity index (χ0v) is 9.79. The Morgan fingerprint density at radius 1 is 1.69 bits per heavy atom. The molecule has 0 amide bonds. The molecular weight excluding hydrogens is 226 g/mol. The number of para-hydroxylation sites is 1. The highest BCUT2D eigenvalue weighted by Gasteiger charge is 2.27. The van der Waals surface area contributed by atoms with Crippen LogP contribution in [-0.4, -0.2) is 17.1 Å². The number of fused-ring (bicyclic) bond motifs is 1. The summed E-state index contributed by atoms with van der Waals surface area (Å²) in [5.74, 6) is -0.655. The summed E-state index contributed by atoms with van der Waals surface area (Å²) in [5, 5.41) is 12.8. The van der Waals surface area contributed by atoms with Gasteiger partial charge in [-0.15, -0.1) is 0 Å². The molecule has 2 unspecified atom stereocenters. The van der Waals surface area contributed by atoms with Crippen LogP contribution in [0.25, 0.3) is 0 Å². The fraction of sp³-hybridized carbons (Fsp3) is 0.417.